The average Bonchev–Trinajstić information content (AvgIpc) is 3.41. The number of H-pyrrole nitrogens is 1. The van der Waals surface area contributed by atoms with Gasteiger partial charge in [0.1, 0.15) is 17.1 Å². The Morgan fingerprint density at radius 2 is 2.08 bits per heavy atom. The molecule has 0 spiro atoms. The molecule has 0 aliphatic heterocycles. The molecule has 1 atom stereocenters. The number of aromatic nitrogens is 7. The monoisotopic (exact) mass is 335 g/mol. The second-order valence-corrected chi connectivity index (χ2v) is 5.59. The number of hydrogen-bond acceptors (Lipinski definition) is 5. The van der Waals surface area contributed by atoms with Crippen LogP contribution in [0.4, 0.5) is 0 Å². The number of para-hydroxylation sites is 2. The van der Waals surface area contributed by atoms with Crippen LogP contribution in [0.25, 0.3) is 17.2 Å². The number of hydrogen-bond donors (Lipinski definition) is 1. The van der Waals surface area contributed by atoms with E-state index in [1.54, 1.807) is 28.9 Å². The third-order valence-corrected chi connectivity index (χ3v) is 4.06. The van der Waals surface area contributed by atoms with Crippen molar-refractivity contribution in [1.29, 1.82) is 0 Å². The molecule has 0 fully saturated rings. The van der Waals surface area contributed by atoms with Gasteiger partial charge < -0.3 is 9.72 Å². The van der Waals surface area contributed by atoms with Gasteiger partial charge in [0.2, 0.25) is 0 Å². The molecule has 4 aromatic rings. The molecular formula is C17H17N7O. The Bertz CT molecular complexity index is 970. The normalized spacial score (nSPS) is 12.2. The Labute approximate surface area is 144 Å². The Kier molecular flexibility index (Phi) is 3.77. The fourth-order valence-electron chi connectivity index (χ4n) is 2.64. The van der Waals surface area contributed by atoms with E-state index in [-0.39, 0.29) is 6.04 Å². The number of nitrogens with zero attached hydrogens (tertiary/aromatic N) is 6. The number of aromatic amines is 1. The fraction of sp³-hybridized carbons (Fsp3) is 0.176. The molecule has 8 nitrogen and oxygen atoms in total. The van der Waals surface area contributed by atoms with Gasteiger partial charge in [0.15, 0.2) is 5.82 Å². The van der Waals surface area contributed by atoms with Crippen molar-refractivity contribution < 1.29 is 4.74 Å². The van der Waals surface area contributed by atoms with Gasteiger partial charge in [-0.1, -0.05) is 17.3 Å². The number of benzene rings is 1. The molecule has 4 rings (SSSR count). The SMILES string of the molecule is COc1ccccc1-n1cc([C@@H](C)n2cc(-c3ncc[nH]3)nn2)cn1. The molecule has 0 radical (unpaired) electrons. The van der Waals surface area contributed by atoms with Gasteiger partial charge in [0.05, 0.1) is 25.5 Å². The second kappa shape index (κ2) is 6.23. The lowest BCUT2D eigenvalue weighted by molar-refractivity contribution is 0.411. The van der Waals surface area contributed by atoms with Gasteiger partial charge in [-0.05, 0) is 19.1 Å². The van der Waals surface area contributed by atoms with Crippen molar-refractivity contribution in [1.82, 2.24) is 34.7 Å². The first kappa shape index (κ1) is 15.1. The zero-order valence-electron chi connectivity index (χ0n) is 13.9. The first-order valence-corrected chi connectivity index (χ1v) is 7.86. The van der Waals surface area contributed by atoms with Gasteiger partial charge in [-0.15, -0.1) is 5.10 Å². The Hall–Kier alpha value is -3.42. The van der Waals surface area contributed by atoms with Crippen molar-refractivity contribution in [3.63, 3.8) is 0 Å². The van der Waals surface area contributed by atoms with E-state index in [0.29, 0.717) is 11.5 Å². The summed E-state index contributed by atoms with van der Waals surface area (Å²) in [6, 6.07) is 7.74. The number of ether oxygens (including phenoxy) is 1. The summed E-state index contributed by atoms with van der Waals surface area (Å²) in [6.45, 7) is 2.05. The summed E-state index contributed by atoms with van der Waals surface area (Å²) in [5.41, 5.74) is 2.61. The standard InChI is InChI=1S/C17H17N7O/c1-12(23-11-14(21-22-23)17-18-7-8-19-17)13-9-20-24(10-13)15-5-3-4-6-16(15)25-2/h3-12H,1-2H3,(H,18,19)/t12-/m1/s1. The van der Waals surface area contributed by atoms with E-state index in [1.807, 2.05) is 49.8 Å². The maximum Gasteiger partial charge on any atom is 0.159 e. The van der Waals surface area contributed by atoms with Gasteiger partial charge in [-0.25, -0.2) is 14.3 Å². The Balaban J connectivity index is 1.62. The highest BCUT2D eigenvalue weighted by atomic mass is 16.5. The van der Waals surface area contributed by atoms with E-state index in [9.17, 15) is 0 Å². The molecule has 1 aromatic carbocycles. The largest absolute Gasteiger partial charge is 0.494 e. The highest BCUT2D eigenvalue weighted by Crippen LogP contribution is 2.24. The zero-order valence-corrected chi connectivity index (χ0v) is 13.9. The van der Waals surface area contributed by atoms with Crippen LogP contribution in [-0.2, 0) is 0 Å². The van der Waals surface area contributed by atoms with Crippen LogP contribution in [0.2, 0.25) is 0 Å². The van der Waals surface area contributed by atoms with E-state index in [2.05, 4.69) is 25.4 Å². The Morgan fingerprint density at radius 3 is 2.88 bits per heavy atom. The van der Waals surface area contributed by atoms with E-state index in [4.69, 9.17) is 4.74 Å². The predicted octanol–water partition coefficient (Wildman–Crippen LogP) is 2.47. The van der Waals surface area contributed by atoms with Crippen molar-refractivity contribution in [3.05, 3.63) is 60.8 Å². The summed E-state index contributed by atoms with van der Waals surface area (Å²) in [7, 11) is 1.65. The number of methoxy groups -OCH3 is 1. The molecule has 0 bridgehead atoms. The summed E-state index contributed by atoms with van der Waals surface area (Å²) in [6.07, 6.45) is 9.11. The minimum atomic E-state index is -0.0142. The highest BCUT2D eigenvalue weighted by Gasteiger charge is 2.15. The lowest BCUT2D eigenvalue weighted by Gasteiger charge is -2.09. The maximum atomic E-state index is 5.40. The van der Waals surface area contributed by atoms with Crippen molar-refractivity contribution in [2.24, 2.45) is 0 Å². The Morgan fingerprint density at radius 1 is 1.20 bits per heavy atom. The second-order valence-electron chi connectivity index (χ2n) is 5.59. The van der Waals surface area contributed by atoms with E-state index in [1.165, 1.54) is 0 Å². The van der Waals surface area contributed by atoms with E-state index < -0.39 is 0 Å². The summed E-state index contributed by atoms with van der Waals surface area (Å²) in [5, 5.41) is 12.8. The van der Waals surface area contributed by atoms with Gasteiger partial charge >= 0.3 is 0 Å². The van der Waals surface area contributed by atoms with Crippen LogP contribution in [0, 0.1) is 0 Å². The summed E-state index contributed by atoms with van der Waals surface area (Å²) < 4.78 is 8.99. The molecular weight excluding hydrogens is 318 g/mol. The van der Waals surface area contributed by atoms with Gasteiger partial charge in [0.25, 0.3) is 0 Å². The lowest BCUT2D eigenvalue weighted by Crippen LogP contribution is -2.06. The van der Waals surface area contributed by atoms with Crippen molar-refractivity contribution in [2.75, 3.05) is 7.11 Å². The minimum absolute atomic E-state index is 0.0142. The molecule has 3 aromatic heterocycles. The smallest absolute Gasteiger partial charge is 0.159 e. The first-order chi connectivity index (χ1) is 12.3. The zero-order chi connectivity index (χ0) is 17.2. The lowest BCUT2D eigenvalue weighted by atomic mass is 10.2. The van der Waals surface area contributed by atoms with E-state index >= 15 is 0 Å². The topological polar surface area (TPSA) is 86.4 Å². The number of nitrogens with one attached hydrogen (secondary N) is 1. The van der Waals surface area contributed by atoms with Gasteiger partial charge in [-0.3, -0.25) is 0 Å². The molecule has 0 unspecified atom stereocenters. The first-order valence-electron chi connectivity index (χ1n) is 7.86. The van der Waals surface area contributed by atoms with E-state index in [0.717, 1.165) is 17.0 Å². The van der Waals surface area contributed by atoms with Crippen LogP contribution in [0.1, 0.15) is 18.5 Å². The molecule has 0 aliphatic carbocycles. The quantitative estimate of drug-likeness (QED) is 0.605. The van der Waals surface area contributed by atoms with Crippen molar-refractivity contribution in [3.8, 4) is 23.0 Å². The molecule has 0 saturated heterocycles. The van der Waals surface area contributed by atoms with Crippen molar-refractivity contribution in [2.45, 2.75) is 13.0 Å². The van der Waals surface area contributed by atoms with Gasteiger partial charge in [-0.2, -0.15) is 5.10 Å². The molecule has 8 heteroatoms. The third-order valence-electron chi connectivity index (χ3n) is 4.06. The summed E-state index contributed by atoms with van der Waals surface area (Å²) in [5.74, 6) is 1.47. The average molecular weight is 335 g/mol. The number of imidazole rings is 1. The number of rotatable bonds is 5. The van der Waals surface area contributed by atoms with Crippen LogP contribution in [0.15, 0.2) is 55.2 Å². The minimum Gasteiger partial charge on any atom is -0.494 e. The third kappa shape index (κ3) is 2.78. The van der Waals surface area contributed by atoms with Gasteiger partial charge in [0, 0.05) is 24.2 Å². The molecule has 126 valence electrons. The molecule has 0 amide bonds. The van der Waals surface area contributed by atoms with Crippen LogP contribution < -0.4 is 4.74 Å². The fourth-order valence-corrected chi connectivity index (χ4v) is 2.64. The van der Waals surface area contributed by atoms with Crippen LogP contribution in [0.5, 0.6) is 5.75 Å². The van der Waals surface area contributed by atoms with Crippen LogP contribution in [0.3, 0.4) is 0 Å². The molecule has 25 heavy (non-hydrogen) atoms. The molecule has 3 heterocycles. The highest BCUT2D eigenvalue weighted by molar-refractivity contribution is 5.47. The maximum absolute atomic E-state index is 5.40. The molecule has 1 N–H and O–H groups in total. The summed E-state index contributed by atoms with van der Waals surface area (Å²) in [4.78, 5) is 7.22. The van der Waals surface area contributed by atoms with Crippen LogP contribution >= 0.6 is 0 Å². The molecule has 0 aliphatic rings. The van der Waals surface area contributed by atoms with Crippen molar-refractivity contribution >= 4 is 0 Å². The predicted molar refractivity (Wildman–Crippen MR) is 91.5 cm³/mol. The summed E-state index contributed by atoms with van der Waals surface area (Å²) >= 11 is 0. The molecule has 0 saturated carbocycles. The van der Waals surface area contributed by atoms with Crippen LogP contribution in [-0.4, -0.2) is 41.9 Å².